The molecule has 1 unspecified atom stereocenters. The Balaban J connectivity index is 1.60. The number of rotatable bonds is 8. The Morgan fingerprint density at radius 2 is 2.04 bits per heavy atom. The van der Waals surface area contributed by atoms with Crippen molar-refractivity contribution in [2.45, 2.75) is 58.0 Å². The zero-order chi connectivity index (χ0) is 16.3. The van der Waals surface area contributed by atoms with Gasteiger partial charge in [-0.1, -0.05) is 38.5 Å². The van der Waals surface area contributed by atoms with Crippen molar-refractivity contribution in [2.75, 3.05) is 46.4 Å². The fraction of sp³-hybridized carbons (Fsp3) is 0.944. The maximum atomic E-state index is 5.77. The largest absolute Gasteiger partial charge is 0.374 e. The van der Waals surface area contributed by atoms with Gasteiger partial charge in [0, 0.05) is 26.2 Å². The van der Waals surface area contributed by atoms with Crippen LogP contribution in [0.3, 0.4) is 0 Å². The van der Waals surface area contributed by atoms with Gasteiger partial charge in [-0.2, -0.15) is 0 Å². The first-order valence-corrected chi connectivity index (χ1v) is 9.60. The highest BCUT2D eigenvalue weighted by molar-refractivity contribution is 5.79. The average molecular weight is 325 g/mol. The molecule has 0 aromatic rings. The molecule has 1 aliphatic heterocycles. The third-order valence-electron chi connectivity index (χ3n) is 4.95. The number of nitrogens with zero attached hydrogens (tertiary/aromatic N) is 2. The number of hydrogen-bond acceptors (Lipinski definition) is 3. The van der Waals surface area contributed by atoms with Crippen LogP contribution < -0.4 is 10.6 Å². The van der Waals surface area contributed by atoms with Crippen molar-refractivity contribution >= 4 is 5.96 Å². The maximum absolute atomic E-state index is 5.77. The van der Waals surface area contributed by atoms with E-state index < -0.39 is 0 Å². The number of ether oxygens (including phenoxy) is 1. The molecule has 0 radical (unpaired) electrons. The molecule has 1 atom stereocenters. The Bertz CT molecular complexity index is 342. The van der Waals surface area contributed by atoms with Gasteiger partial charge in [0.1, 0.15) is 0 Å². The first kappa shape index (κ1) is 18.5. The smallest absolute Gasteiger partial charge is 0.191 e. The molecule has 0 bridgehead atoms. The lowest BCUT2D eigenvalue weighted by atomic mass is 10.0. The summed E-state index contributed by atoms with van der Waals surface area (Å²) in [5, 5.41) is 6.80. The Morgan fingerprint density at radius 3 is 2.78 bits per heavy atom. The van der Waals surface area contributed by atoms with E-state index >= 15 is 0 Å². The molecule has 2 aliphatic rings. The third kappa shape index (κ3) is 7.53. The van der Waals surface area contributed by atoms with E-state index in [0.717, 1.165) is 51.2 Å². The minimum atomic E-state index is 0.228. The van der Waals surface area contributed by atoms with Crippen molar-refractivity contribution in [3.8, 4) is 0 Å². The Morgan fingerprint density at radius 1 is 1.22 bits per heavy atom. The summed E-state index contributed by atoms with van der Waals surface area (Å²) in [7, 11) is 2.15. The summed E-state index contributed by atoms with van der Waals surface area (Å²) >= 11 is 0. The molecule has 0 aromatic carbocycles. The number of morpholine rings is 1. The molecule has 2 N–H and O–H groups in total. The second-order valence-corrected chi connectivity index (χ2v) is 7.05. The number of nitrogens with one attached hydrogen (secondary N) is 2. The van der Waals surface area contributed by atoms with E-state index in [1.807, 2.05) is 0 Å². The maximum Gasteiger partial charge on any atom is 0.191 e. The first-order chi connectivity index (χ1) is 11.3. The van der Waals surface area contributed by atoms with Gasteiger partial charge in [0.2, 0.25) is 0 Å². The van der Waals surface area contributed by atoms with Gasteiger partial charge in [-0.15, -0.1) is 0 Å². The van der Waals surface area contributed by atoms with Crippen LogP contribution in [0.25, 0.3) is 0 Å². The molecular formula is C18H36N4O. The predicted octanol–water partition coefficient (Wildman–Crippen LogP) is 2.23. The Labute approximate surface area is 142 Å². The first-order valence-electron chi connectivity index (χ1n) is 9.60. The summed E-state index contributed by atoms with van der Waals surface area (Å²) in [6, 6.07) is 0. The van der Waals surface area contributed by atoms with Crippen LogP contribution >= 0.6 is 0 Å². The third-order valence-corrected chi connectivity index (χ3v) is 4.95. The zero-order valence-corrected chi connectivity index (χ0v) is 15.1. The zero-order valence-electron chi connectivity index (χ0n) is 15.1. The topological polar surface area (TPSA) is 48.9 Å². The van der Waals surface area contributed by atoms with E-state index in [2.05, 4.69) is 34.5 Å². The second-order valence-electron chi connectivity index (χ2n) is 7.05. The summed E-state index contributed by atoms with van der Waals surface area (Å²) in [4.78, 5) is 7.00. The molecule has 5 heteroatoms. The number of hydrogen-bond donors (Lipinski definition) is 2. The Hall–Kier alpha value is -0.810. The minimum absolute atomic E-state index is 0.228. The van der Waals surface area contributed by atoms with Crippen LogP contribution in [0.1, 0.15) is 51.9 Å². The number of guanidine groups is 1. The lowest BCUT2D eigenvalue weighted by Gasteiger charge is -2.29. The van der Waals surface area contributed by atoms with Crippen LogP contribution in [0.15, 0.2) is 4.99 Å². The summed E-state index contributed by atoms with van der Waals surface area (Å²) in [5.41, 5.74) is 0. The highest BCUT2D eigenvalue weighted by Gasteiger charge is 2.17. The van der Waals surface area contributed by atoms with Gasteiger partial charge in [0.25, 0.3) is 0 Å². The molecule has 1 aliphatic carbocycles. The van der Waals surface area contributed by atoms with Crippen molar-refractivity contribution in [3.05, 3.63) is 0 Å². The van der Waals surface area contributed by atoms with E-state index in [1.54, 1.807) is 0 Å². The average Bonchev–Trinajstić information content (AvgIpc) is 3.05. The van der Waals surface area contributed by atoms with Gasteiger partial charge < -0.3 is 20.3 Å². The molecule has 1 saturated carbocycles. The molecule has 2 fully saturated rings. The van der Waals surface area contributed by atoms with Crippen LogP contribution in [0.5, 0.6) is 0 Å². The summed E-state index contributed by atoms with van der Waals surface area (Å²) in [6.45, 7) is 7.60. The molecule has 5 nitrogen and oxygen atoms in total. The second kappa shape index (κ2) is 10.9. The molecule has 0 spiro atoms. The van der Waals surface area contributed by atoms with E-state index in [0.29, 0.717) is 0 Å². The number of likely N-dealkylation sites (N-methyl/N-ethyl adjacent to an activating group) is 1. The highest BCUT2D eigenvalue weighted by Crippen LogP contribution is 2.28. The summed E-state index contributed by atoms with van der Waals surface area (Å²) in [6.07, 6.45) is 10.1. The lowest BCUT2D eigenvalue weighted by Crippen LogP contribution is -2.43. The fourth-order valence-electron chi connectivity index (χ4n) is 3.58. The van der Waals surface area contributed by atoms with Crippen LogP contribution in [-0.2, 0) is 4.74 Å². The van der Waals surface area contributed by atoms with Crippen LogP contribution in [0.4, 0.5) is 0 Å². The van der Waals surface area contributed by atoms with Crippen molar-refractivity contribution in [2.24, 2.45) is 10.9 Å². The van der Waals surface area contributed by atoms with Crippen LogP contribution in [0, 0.1) is 5.92 Å². The predicted molar refractivity (Wildman–Crippen MR) is 97.0 cm³/mol. The van der Waals surface area contributed by atoms with Crippen molar-refractivity contribution in [1.82, 2.24) is 15.5 Å². The van der Waals surface area contributed by atoms with Gasteiger partial charge in [0.05, 0.1) is 19.3 Å². The van der Waals surface area contributed by atoms with E-state index in [4.69, 9.17) is 4.74 Å². The quantitative estimate of drug-likeness (QED) is 0.408. The van der Waals surface area contributed by atoms with E-state index in [-0.39, 0.29) is 6.10 Å². The SMILES string of the molecule is CCNC(=NCC1CN(C)CCO1)NCCCCC1CCCC1. The molecular weight excluding hydrogens is 288 g/mol. The molecule has 0 aromatic heterocycles. The summed E-state index contributed by atoms with van der Waals surface area (Å²) in [5.74, 6) is 1.95. The van der Waals surface area contributed by atoms with Crippen molar-refractivity contribution in [1.29, 1.82) is 0 Å². The van der Waals surface area contributed by atoms with Crippen molar-refractivity contribution in [3.63, 3.8) is 0 Å². The van der Waals surface area contributed by atoms with E-state index in [9.17, 15) is 0 Å². The van der Waals surface area contributed by atoms with Gasteiger partial charge in [-0.05, 0) is 26.3 Å². The molecule has 1 heterocycles. The van der Waals surface area contributed by atoms with Crippen LogP contribution in [0.2, 0.25) is 0 Å². The standard InChI is InChI=1S/C18H36N4O/c1-3-19-18(21-14-17-15-22(2)12-13-23-17)20-11-7-6-10-16-8-4-5-9-16/h16-17H,3-15H2,1-2H3,(H2,19,20,21). The minimum Gasteiger partial charge on any atom is -0.374 e. The van der Waals surface area contributed by atoms with E-state index in [1.165, 1.54) is 44.9 Å². The normalized spacial score (nSPS) is 24.1. The molecule has 2 rings (SSSR count). The fourth-order valence-corrected chi connectivity index (χ4v) is 3.58. The highest BCUT2D eigenvalue weighted by atomic mass is 16.5. The number of aliphatic imine (C=N–C) groups is 1. The Kier molecular flexibility index (Phi) is 8.76. The molecule has 1 saturated heterocycles. The van der Waals surface area contributed by atoms with Gasteiger partial charge in [-0.25, -0.2) is 0 Å². The lowest BCUT2D eigenvalue weighted by molar-refractivity contribution is -0.0136. The van der Waals surface area contributed by atoms with Crippen LogP contribution in [-0.4, -0.2) is 63.3 Å². The monoisotopic (exact) mass is 324 g/mol. The van der Waals surface area contributed by atoms with Gasteiger partial charge in [-0.3, -0.25) is 4.99 Å². The molecule has 134 valence electrons. The molecule has 0 amide bonds. The summed E-state index contributed by atoms with van der Waals surface area (Å²) < 4.78 is 5.77. The molecule has 23 heavy (non-hydrogen) atoms. The van der Waals surface area contributed by atoms with Crippen molar-refractivity contribution < 1.29 is 4.74 Å². The van der Waals surface area contributed by atoms with Gasteiger partial charge in [0.15, 0.2) is 5.96 Å². The number of unbranched alkanes of at least 4 members (excludes halogenated alkanes) is 1. The van der Waals surface area contributed by atoms with Gasteiger partial charge >= 0.3 is 0 Å².